The van der Waals surface area contributed by atoms with Crippen molar-refractivity contribution in [3.63, 3.8) is 0 Å². The number of aliphatic hydroxyl groups excluding tert-OH is 1. The molecule has 0 radical (unpaired) electrons. The van der Waals surface area contributed by atoms with Crippen molar-refractivity contribution in [3.05, 3.63) is 11.6 Å². The second-order valence-electron chi connectivity index (χ2n) is 14.6. The van der Waals surface area contributed by atoms with Crippen LogP contribution in [0.5, 0.6) is 0 Å². The van der Waals surface area contributed by atoms with E-state index < -0.39 is 0 Å². The van der Waals surface area contributed by atoms with E-state index in [1.54, 1.807) is 5.57 Å². The maximum atomic E-state index is 10.8. The van der Waals surface area contributed by atoms with Gasteiger partial charge in [-0.2, -0.15) is 0 Å². The van der Waals surface area contributed by atoms with Gasteiger partial charge in [0.15, 0.2) is 0 Å². The van der Waals surface area contributed by atoms with Crippen molar-refractivity contribution in [2.75, 3.05) is 0 Å². The molecular weight excluding hydrogens is 376 g/mol. The fourth-order valence-corrected chi connectivity index (χ4v) is 11.2. The SMILES string of the molecule is CC(C)[C@H]1CC[C@@H]2[C@]1(C)CC[C@]1(C)[C@H]3CC=C4[C@@H](CC[C@@H](O)C4(C)C)[C@]3(C)CC[C@@]21C. The summed E-state index contributed by atoms with van der Waals surface area (Å²) in [6, 6.07) is 0. The van der Waals surface area contributed by atoms with Crippen molar-refractivity contribution in [3.8, 4) is 0 Å². The van der Waals surface area contributed by atoms with E-state index >= 15 is 0 Å². The zero-order valence-electron chi connectivity index (χ0n) is 21.9. The third kappa shape index (κ3) is 2.60. The van der Waals surface area contributed by atoms with Crippen LogP contribution >= 0.6 is 0 Å². The number of hydrogen-bond donors (Lipinski definition) is 1. The summed E-state index contributed by atoms with van der Waals surface area (Å²) in [5.74, 6) is 4.15. The van der Waals surface area contributed by atoms with Crippen molar-refractivity contribution < 1.29 is 5.11 Å². The number of aliphatic hydroxyl groups is 1. The highest BCUT2D eigenvalue weighted by atomic mass is 16.3. The van der Waals surface area contributed by atoms with Gasteiger partial charge in [0.05, 0.1) is 6.10 Å². The molecule has 1 heteroatoms. The first-order chi connectivity index (χ1) is 14.3. The van der Waals surface area contributed by atoms with Gasteiger partial charge in [-0.15, -0.1) is 0 Å². The van der Waals surface area contributed by atoms with Crippen LogP contribution in [-0.4, -0.2) is 11.2 Å². The predicted molar refractivity (Wildman–Crippen MR) is 131 cm³/mol. The van der Waals surface area contributed by atoms with E-state index in [-0.39, 0.29) is 11.5 Å². The molecule has 0 aliphatic heterocycles. The lowest BCUT2D eigenvalue weighted by molar-refractivity contribution is -0.214. The van der Waals surface area contributed by atoms with Crippen LogP contribution in [0.25, 0.3) is 0 Å². The van der Waals surface area contributed by atoms with Crippen molar-refractivity contribution >= 4 is 0 Å². The van der Waals surface area contributed by atoms with E-state index in [4.69, 9.17) is 0 Å². The second-order valence-corrected chi connectivity index (χ2v) is 14.6. The van der Waals surface area contributed by atoms with Gasteiger partial charge in [0.2, 0.25) is 0 Å². The Bertz CT molecular complexity index is 777. The Kier molecular flexibility index (Phi) is 4.82. The standard InChI is InChI=1S/C30H50O/c1-19(2)20-9-12-23-27(20,5)15-17-30(8)24-13-10-21-22(11-14-25(31)26(21,3)4)28(24,6)16-18-29(23,30)7/h10,19-20,22-25,31H,9,11-18H2,1-8H3/t20-,22-,23-,24+,25-,27-,28+,29+,30-/m1/s1. The van der Waals surface area contributed by atoms with Crippen LogP contribution in [-0.2, 0) is 0 Å². The highest BCUT2D eigenvalue weighted by Gasteiger charge is 2.70. The van der Waals surface area contributed by atoms with Crippen LogP contribution in [0, 0.1) is 56.7 Å². The molecule has 0 saturated heterocycles. The molecule has 0 aromatic rings. The average molecular weight is 427 g/mol. The molecular formula is C30H50O. The van der Waals surface area contributed by atoms with Crippen LogP contribution in [0.15, 0.2) is 11.6 Å². The highest BCUT2D eigenvalue weighted by molar-refractivity contribution is 5.30. The van der Waals surface area contributed by atoms with Crippen LogP contribution in [0.3, 0.4) is 0 Å². The van der Waals surface area contributed by atoms with Crippen molar-refractivity contribution in [1.29, 1.82) is 0 Å². The van der Waals surface area contributed by atoms with Gasteiger partial charge in [0.1, 0.15) is 0 Å². The summed E-state index contributed by atoms with van der Waals surface area (Å²) in [6.07, 6.45) is 14.6. The number of hydrogen-bond acceptors (Lipinski definition) is 1. The lowest BCUT2D eigenvalue weighted by Gasteiger charge is -2.71. The minimum absolute atomic E-state index is 0.0420. The lowest BCUT2D eigenvalue weighted by Crippen LogP contribution is -2.64. The maximum Gasteiger partial charge on any atom is 0.0628 e. The molecule has 4 saturated carbocycles. The Morgan fingerprint density at radius 2 is 1.39 bits per heavy atom. The van der Waals surface area contributed by atoms with Gasteiger partial charge in [0, 0.05) is 5.41 Å². The van der Waals surface area contributed by atoms with Crippen LogP contribution in [0.2, 0.25) is 0 Å². The quantitative estimate of drug-likeness (QED) is 0.421. The molecule has 0 bridgehead atoms. The van der Waals surface area contributed by atoms with E-state index in [1.165, 1.54) is 51.4 Å². The predicted octanol–water partition coefficient (Wildman–Crippen LogP) is 8.02. The van der Waals surface area contributed by atoms with E-state index in [0.717, 1.165) is 30.1 Å². The molecule has 0 heterocycles. The van der Waals surface area contributed by atoms with Gasteiger partial charge in [-0.1, -0.05) is 67.0 Å². The number of allylic oxidation sites excluding steroid dienone is 1. The summed E-state index contributed by atoms with van der Waals surface area (Å²) >= 11 is 0. The molecule has 0 unspecified atom stereocenters. The summed E-state index contributed by atoms with van der Waals surface area (Å²) < 4.78 is 0. The monoisotopic (exact) mass is 426 g/mol. The molecule has 0 aromatic heterocycles. The first kappa shape index (κ1) is 22.5. The van der Waals surface area contributed by atoms with Crippen molar-refractivity contribution in [1.82, 2.24) is 0 Å². The summed E-state index contributed by atoms with van der Waals surface area (Å²) in [6.45, 7) is 20.4. The molecule has 0 amide bonds. The Morgan fingerprint density at radius 1 is 0.774 bits per heavy atom. The largest absolute Gasteiger partial charge is 0.392 e. The Labute approximate surface area is 192 Å². The molecule has 1 nitrogen and oxygen atoms in total. The number of fused-ring (bicyclic) bond motifs is 7. The number of rotatable bonds is 1. The van der Waals surface area contributed by atoms with E-state index in [0.29, 0.717) is 27.6 Å². The van der Waals surface area contributed by atoms with E-state index in [1.807, 2.05) is 0 Å². The maximum absolute atomic E-state index is 10.8. The summed E-state index contributed by atoms with van der Waals surface area (Å²) in [7, 11) is 0. The van der Waals surface area contributed by atoms with Crippen molar-refractivity contribution in [2.24, 2.45) is 56.7 Å². The molecule has 31 heavy (non-hydrogen) atoms. The van der Waals surface area contributed by atoms with Gasteiger partial charge >= 0.3 is 0 Å². The molecule has 176 valence electrons. The second kappa shape index (κ2) is 6.64. The van der Waals surface area contributed by atoms with E-state index in [9.17, 15) is 5.11 Å². The highest BCUT2D eigenvalue weighted by Crippen LogP contribution is 2.77. The zero-order valence-corrected chi connectivity index (χ0v) is 21.9. The molecule has 0 spiro atoms. The van der Waals surface area contributed by atoms with E-state index in [2.05, 4.69) is 61.5 Å². The third-order valence-corrected chi connectivity index (χ3v) is 13.3. The summed E-state index contributed by atoms with van der Waals surface area (Å²) in [5.41, 5.74) is 3.49. The minimum atomic E-state index is -0.165. The van der Waals surface area contributed by atoms with Crippen LogP contribution in [0.4, 0.5) is 0 Å². The first-order valence-electron chi connectivity index (χ1n) is 13.7. The molecule has 9 atom stereocenters. The fraction of sp³-hybridized carbons (Fsp3) is 0.933. The van der Waals surface area contributed by atoms with Gasteiger partial charge in [-0.25, -0.2) is 0 Å². The fourth-order valence-electron chi connectivity index (χ4n) is 11.2. The van der Waals surface area contributed by atoms with Gasteiger partial charge in [-0.05, 0) is 109 Å². The summed E-state index contributed by atoms with van der Waals surface area (Å²) in [4.78, 5) is 0. The minimum Gasteiger partial charge on any atom is -0.392 e. The van der Waals surface area contributed by atoms with Crippen LogP contribution < -0.4 is 0 Å². The molecule has 1 N–H and O–H groups in total. The molecule has 5 aliphatic carbocycles. The summed E-state index contributed by atoms with van der Waals surface area (Å²) in [5, 5.41) is 10.8. The van der Waals surface area contributed by atoms with Crippen molar-refractivity contribution in [2.45, 2.75) is 119 Å². The molecule has 0 aromatic carbocycles. The Morgan fingerprint density at radius 3 is 2.03 bits per heavy atom. The molecule has 5 rings (SSSR count). The zero-order chi connectivity index (χ0) is 22.6. The van der Waals surface area contributed by atoms with Gasteiger partial charge in [0.25, 0.3) is 0 Å². The molecule has 4 fully saturated rings. The van der Waals surface area contributed by atoms with Gasteiger partial charge < -0.3 is 5.11 Å². The Balaban J connectivity index is 1.55. The van der Waals surface area contributed by atoms with Crippen LogP contribution in [0.1, 0.15) is 113 Å². The average Bonchev–Trinajstić information content (AvgIpc) is 3.05. The Hall–Kier alpha value is -0.300. The first-order valence-corrected chi connectivity index (χ1v) is 13.7. The molecule has 5 aliphatic rings. The normalized spacial score (nSPS) is 55.7. The van der Waals surface area contributed by atoms with Gasteiger partial charge in [-0.3, -0.25) is 0 Å². The smallest absolute Gasteiger partial charge is 0.0628 e. The lowest BCUT2D eigenvalue weighted by atomic mass is 9.33. The third-order valence-electron chi connectivity index (χ3n) is 13.3. The topological polar surface area (TPSA) is 20.2 Å².